The fraction of sp³-hybridized carbons (Fsp3) is 0.444. The highest BCUT2D eigenvalue weighted by Crippen LogP contribution is 2.28. The first kappa shape index (κ1) is 26.1. The second-order valence-electron chi connectivity index (χ2n) is 10.4. The quantitative estimate of drug-likeness (QED) is 0.405. The van der Waals surface area contributed by atoms with Gasteiger partial charge in [-0.05, 0) is 49.4 Å². The second kappa shape index (κ2) is 10.6. The van der Waals surface area contributed by atoms with Crippen molar-refractivity contribution in [1.29, 1.82) is 0 Å². The van der Waals surface area contributed by atoms with E-state index in [1.807, 2.05) is 39.0 Å². The maximum absolute atomic E-state index is 13.3. The molecule has 2 aromatic heterocycles. The molecule has 4 N–H and O–H groups in total. The molecule has 0 bridgehead atoms. The molecule has 2 heterocycles. The van der Waals surface area contributed by atoms with Crippen molar-refractivity contribution in [2.45, 2.75) is 58.5 Å². The Morgan fingerprint density at radius 2 is 1.76 bits per heavy atom. The molecule has 0 radical (unpaired) electrons. The number of nitrogens with zero attached hydrogens (tertiary/aromatic N) is 2. The largest absolute Gasteiger partial charge is 0.480 e. The smallest absolute Gasteiger partial charge is 0.272 e. The third-order valence-corrected chi connectivity index (χ3v) is 6.65. The summed E-state index contributed by atoms with van der Waals surface area (Å²) in [5.74, 6) is -0.297. The Morgan fingerprint density at radius 3 is 2.43 bits per heavy atom. The fourth-order valence-electron chi connectivity index (χ4n) is 4.54. The van der Waals surface area contributed by atoms with Crippen molar-refractivity contribution in [3.05, 3.63) is 41.7 Å². The molecule has 3 aromatic rings. The molecule has 3 amide bonds. The summed E-state index contributed by atoms with van der Waals surface area (Å²) < 4.78 is 5.38. The highest BCUT2D eigenvalue weighted by Gasteiger charge is 2.29. The van der Waals surface area contributed by atoms with E-state index in [4.69, 9.17) is 4.74 Å². The van der Waals surface area contributed by atoms with E-state index in [1.54, 1.807) is 19.3 Å². The van der Waals surface area contributed by atoms with Gasteiger partial charge in [0.15, 0.2) is 5.69 Å². The van der Waals surface area contributed by atoms with Crippen LogP contribution in [0.4, 0.5) is 0 Å². The zero-order valence-electron chi connectivity index (χ0n) is 21.9. The van der Waals surface area contributed by atoms with Crippen molar-refractivity contribution in [1.82, 2.24) is 31.1 Å². The van der Waals surface area contributed by atoms with Gasteiger partial charge in [0.05, 0.1) is 12.6 Å². The van der Waals surface area contributed by atoms with Gasteiger partial charge in [0.25, 0.3) is 11.8 Å². The Kier molecular flexibility index (Phi) is 7.47. The molecule has 1 fully saturated rings. The van der Waals surface area contributed by atoms with Gasteiger partial charge in [0, 0.05) is 41.7 Å². The van der Waals surface area contributed by atoms with E-state index in [2.05, 4.69) is 31.1 Å². The van der Waals surface area contributed by atoms with Gasteiger partial charge in [-0.2, -0.15) is 5.10 Å². The Labute approximate surface area is 216 Å². The minimum atomic E-state index is -0.459. The number of carbonyl (C=O) groups excluding carboxylic acids is 3. The molecule has 10 heteroatoms. The zero-order valence-corrected chi connectivity index (χ0v) is 21.9. The lowest BCUT2D eigenvalue weighted by Crippen LogP contribution is -2.48. The van der Waals surface area contributed by atoms with Gasteiger partial charge < -0.3 is 20.7 Å². The van der Waals surface area contributed by atoms with Crippen LogP contribution in [-0.4, -0.2) is 59.1 Å². The number of amides is 3. The Hall–Kier alpha value is -3.95. The summed E-state index contributed by atoms with van der Waals surface area (Å²) in [4.78, 5) is 42.1. The number of fused-ring (bicyclic) bond motifs is 1. The predicted octanol–water partition coefficient (Wildman–Crippen LogP) is 3.20. The first-order chi connectivity index (χ1) is 17.6. The molecule has 1 aliphatic rings. The topological polar surface area (TPSA) is 138 Å². The number of benzene rings is 1. The minimum absolute atomic E-state index is 0.0136. The number of aromatic amines is 1. The summed E-state index contributed by atoms with van der Waals surface area (Å²) in [5.41, 5.74) is 2.43. The average molecular weight is 507 g/mol. The van der Waals surface area contributed by atoms with Gasteiger partial charge in [-0.25, -0.2) is 4.98 Å². The van der Waals surface area contributed by atoms with Crippen molar-refractivity contribution in [2.24, 2.45) is 5.41 Å². The minimum Gasteiger partial charge on any atom is -0.480 e. The summed E-state index contributed by atoms with van der Waals surface area (Å²) in [7, 11) is 3.04. The van der Waals surface area contributed by atoms with E-state index < -0.39 is 5.41 Å². The van der Waals surface area contributed by atoms with Gasteiger partial charge in [-0.1, -0.05) is 26.8 Å². The number of hydrogen-bond acceptors (Lipinski definition) is 6. The van der Waals surface area contributed by atoms with Crippen molar-refractivity contribution in [3.8, 4) is 17.0 Å². The monoisotopic (exact) mass is 506 g/mol. The molecular weight excluding hydrogens is 472 g/mol. The van der Waals surface area contributed by atoms with Crippen LogP contribution in [0.3, 0.4) is 0 Å². The van der Waals surface area contributed by atoms with Gasteiger partial charge in [-0.3, -0.25) is 19.5 Å². The molecule has 0 aliphatic heterocycles. The summed E-state index contributed by atoms with van der Waals surface area (Å²) in [5, 5.41) is 16.5. The summed E-state index contributed by atoms with van der Waals surface area (Å²) >= 11 is 0. The first-order valence-corrected chi connectivity index (χ1v) is 12.5. The molecule has 10 nitrogen and oxygen atoms in total. The van der Waals surface area contributed by atoms with Crippen LogP contribution < -0.4 is 20.7 Å². The van der Waals surface area contributed by atoms with Gasteiger partial charge in [0.2, 0.25) is 11.8 Å². The van der Waals surface area contributed by atoms with Crippen LogP contribution in [0.5, 0.6) is 5.88 Å². The van der Waals surface area contributed by atoms with Crippen LogP contribution in [-0.2, 0) is 4.79 Å². The van der Waals surface area contributed by atoms with Crippen LogP contribution in [0.2, 0.25) is 0 Å². The molecule has 1 aliphatic carbocycles. The lowest BCUT2D eigenvalue weighted by Gasteiger charge is -2.32. The standard InChI is InChI=1S/C27H34N6O4/c1-27(2,3)26(36)31-18-8-6-7-17(13-18)30-23(34)20-11-16(14-29-25(20)37-5)15-9-10-19-21(12-15)32-33-22(19)24(35)28-4/h9-12,14,17-18H,6-8,13H2,1-5H3,(H,28,35)(H,30,34)(H,31,36)(H,32,33). The zero-order chi connectivity index (χ0) is 26.7. The maximum atomic E-state index is 13.3. The predicted molar refractivity (Wildman–Crippen MR) is 140 cm³/mol. The van der Waals surface area contributed by atoms with E-state index >= 15 is 0 Å². The van der Waals surface area contributed by atoms with E-state index in [0.717, 1.165) is 30.4 Å². The third-order valence-electron chi connectivity index (χ3n) is 6.65. The normalized spacial score (nSPS) is 17.8. The number of methoxy groups -OCH3 is 1. The first-order valence-electron chi connectivity index (χ1n) is 12.5. The lowest BCUT2D eigenvalue weighted by molar-refractivity contribution is -0.129. The molecule has 0 spiro atoms. The van der Waals surface area contributed by atoms with Crippen LogP contribution in [0.1, 0.15) is 67.3 Å². The van der Waals surface area contributed by atoms with E-state index in [-0.39, 0.29) is 35.7 Å². The summed E-state index contributed by atoms with van der Waals surface area (Å²) in [6, 6.07) is 7.25. The number of ether oxygens (including phenoxy) is 1. The van der Waals surface area contributed by atoms with E-state index in [9.17, 15) is 14.4 Å². The molecule has 1 aromatic carbocycles. The molecule has 2 atom stereocenters. The van der Waals surface area contributed by atoms with Gasteiger partial charge in [-0.15, -0.1) is 0 Å². The molecule has 2 unspecified atom stereocenters. The van der Waals surface area contributed by atoms with E-state index in [1.165, 1.54) is 7.11 Å². The lowest BCUT2D eigenvalue weighted by atomic mass is 9.88. The highest BCUT2D eigenvalue weighted by molar-refractivity contribution is 6.05. The van der Waals surface area contributed by atoms with Gasteiger partial charge >= 0.3 is 0 Å². The third kappa shape index (κ3) is 5.73. The van der Waals surface area contributed by atoms with Crippen molar-refractivity contribution in [3.63, 3.8) is 0 Å². The fourth-order valence-corrected chi connectivity index (χ4v) is 4.54. The number of pyridine rings is 1. The molecular formula is C27H34N6O4. The average Bonchev–Trinajstić information content (AvgIpc) is 3.31. The SMILES string of the molecule is CNC(=O)c1n[nH]c2cc(-c3cnc(OC)c(C(=O)NC4CCCC(NC(=O)C(C)(C)C)C4)c3)ccc12. The van der Waals surface area contributed by atoms with Crippen molar-refractivity contribution >= 4 is 28.6 Å². The van der Waals surface area contributed by atoms with Crippen molar-refractivity contribution < 1.29 is 19.1 Å². The Bertz CT molecular complexity index is 1330. The number of rotatable bonds is 6. The Balaban J connectivity index is 1.53. The van der Waals surface area contributed by atoms with Crippen LogP contribution in [0.25, 0.3) is 22.0 Å². The van der Waals surface area contributed by atoms with E-state index in [0.29, 0.717) is 28.6 Å². The number of hydrogen-bond donors (Lipinski definition) is 4. The Morgan fingerprint density at radius 1 is 1.03 bits per heavy atom. The second-order valence-corrected chi connectivity index (χ2v) is 10.4. The summed E-state index contributed by atoms with van der Waals surface area (Å²) in [6.45, 7) is 5.67. The molecule has 196 valence electrons. The molecule has 4 rings (SSSR count). The highest BCUT2D eigenvalue weighted by atomic mass is 16.5. The summed E-state index contributed by atoms with van der Waals surface area (Å²) in [6.07, 6.45) is 4.97. The number of nitrogens with one attached hydrogen (secondary N) is 4. The number of carbonyl (C=O) groups is 3. The van der Waals surface area contributed by atoms with Crippen LogP contribution in [0.15, 0.2) is 30.5 Å². The molecule has 37 heavy (non-hydrogen) atoms. The van der Waals surface area contributed by atoms with Crippen LogP contribution >= 0.6 is 0 Å². The molecule has 0 saturated heterocycles. The number of aromatic nitrogens is 3. The number of H-pyrrole nitrogens is 1. The van der Waals surface area contributed by atoms with Crippen LogP contribution in [0, 0.1) is 5.41 Å². The van der Waals surface area contributed by atoms with Crippen molar-refractivity contribution in [2.75, 3.05) is 14.2 Å². The molecule has 1 saturated carbocycles. The maximum Gasteiger partial charge on any atom is 0.272 e. The van der Waals surface area contributed by atoms with Gasteiger partial charge in [0.1, 0.15) is 5.56 Å².